The van der Waals surface area contributed by atoms with Gasteiger partial charge >= 0.3 is 0 Å². The molecule has 0 amide bonds. The number of nitrogens with one attached hydrogen (secondary N) is 2. The van der Waals surface area contributed by atoms with Gasteiger partial charge in [-0.15, -0.1) is 0 Å². The highest BCUT2D eigenvalue weighted by atomic mass is 32.2. The molecule has 0 aliphatic carbocycles. The number of hydrogen-bond donors (Lipinski definition) is 2. The summed E-state index contributed by atoms with van der Waals surface area (Å²) in [6.45, 7) is 0. The predicted octanol–water partition coefficient (Wildman–Crippen LogP) is 6.86. The molecule has 5 rings (SSSR count). The van der Waals surface area contributed by atoms with Gasteiger partial charge in [-0.2, -0.15) is 0 Å². The number of imidazole rings is 1. The summed E-state index contributed by atoms with van der Waals surface area (Å²) in [5.41, 5.74) is 6.43. The molecule has 0 saturated heterocycles. The van der Waals surface area contributed by atoms with Crippen LogP contribution in [-0.4, -0.2) is 28.3 Å². The first-order valence-corrected chi connectivity index (χ1v) is 11.5. The molecule has 2 N–H and O–H groups in total. The minimum atomic E-state index is -0.262. The lowest BCUT2D eigenvalue weighted by Gasteiger charge is -2.13. The van der Waals surface area contributed by atoms with Gasteiger partial charge in [0.25, 0.3) is 0 Å². The lowest BCUT2D eigenvalue weighted by molar-refractivity contribution is 0.628. The summed E-state index contributed by atoms with van der Waals surface area (Å²) in [6.07, 6.45) is 3.78. The molecule has 4 nitrogen and oxygen atoms in total. The van der Waals surface area contributed by atoms with Crippen molar-refractivity contribution in [1.29, 1.82) is 0 Å². The number of fused-ring (bicyclic) bond motifs is 1. The van der Waals surface area contributed by atoms with Crippen molar-refractivity contribution in [3.8, 4) is 33.8 Å². The number of hydrogen-bond acceptors (Lipinski definition) is 4. The summed E-state index contributed by atoms with van der Waals surface area (Å²) >= 11 is 1.54. The molecular weight excluding hydrogens is 419 g/mol. The highest BCUT2D eigenvalue weighted by Crippen LogP contribution is 2.37. The maximum Gasteiger partial charge on any atom is 0.166 e. The summed E-state index contributed by atoms with van der Waals surface area (Å²) < 4.78 is 13.5. The normalized spacial score (nSPS) is 11.1. The fourth-order valence-corrected chi connectivity index (χ4v) is 4.35. The molecule has 32 heavy (non-hydrogen) atoms. The van der Waals surface area contributed by atoms with E-state index in [9.17, 15) is 4.39 Å². The molecule has 0 fully saturated rings. The largest absolute Gasteiger partial charge is 0.387 e. The van der Waals surface area contributed by atoms with Crippen molar-refractivity contribution in [3.63, 3.8) is 0 Å². The Kier molecular flexibility index (Phi) is 5.37. The first-order chi connectivity index (χ1) is 15.7. The van der Waals surface area contributed by atoms with Crippen molar-refractivity contribution in [2.45, 2.75) is 5.16 Å². The Hall–Kier alpha value is -3.64. The van der Waals surface area contributed by atoms with E-state index in [-0.39, 0.29) is 5.82 Å². The number of aromatic amines is 1. The summed E-state index contributed by atoms with van der Waals surface area (Å²) in [7, 11) is 1.93. The van der Waals surface area contributed by atoms with Crippen LogP contribution in [0.3, 0.4) is 0 Å². The van der Waals surface area contributed by atoms with Crippen LogP contribution < -0.4 is 5.32 Å². The number of H-pyrrole nitrogens is 1. The third-order valence-corrected chi connectivity index (χ3v) is 6.08. The van der Waals surface area contributed by atoms with E-state index in [1.54, 1.807) is 18.3 Å². The van der Waals surface area contributed by atoms with E-state index in [1.807, 2.05) is 31.5 Å². The molecular formula is C26H21FN4S. The number of pyridine rings is 1. The molecule has 0 aliphatic rings. The number of halogens is 1. The molecule has 2 aromatic heterocycles. The molecule has 0 saturated carbocycles. The summed E-state index contributed by atoms with van der Waals surface area (Å²) in [5.74, 6) is -0.262. The van der Waals surface area contributed by atoms with Crippen molar-refractivity contribution in [3.05, 3.63) is 84.8 Å². The quantitative estimate of drug-likeness (QED) is 0.293. The van der Waals surface area contributed by atoms with Crippen molar-refractivity contribution < 1.29 is 4.39 Å². The Morgan fingerprint density at radius 1 is 0.938 bits per heavy atom. The van der Waals surface area contributed by atoms with Crippen LogP contribution in [0.15, 0.2) is 84.1 Å². The van der Waals surface area contributed by atoms with Crippen LogP contribution in [0.2, 0.25) is 0 Å². The van der Waals surface area contributed by atoms with Gasteiger partial charge in [0.2, 0.25) is 0 Å². The topological polar surface area (TPSA) is 53.6 Å². The molecule has 0 aliphatic heterocycles. The van der Waals surface area contributed by atoms with Crippen LogP contribution in [0, 0.1) is 5.82 Å². The molecule has 0 bridgehead atoms. The molecule has 0 atom stereocenters. The van der Waals surface area contributed by atoms with Crippen LogP contribution in [0.25, 0.3) is 44.5 Å². The van der Waals surface area contributed by atoms with Gasteiger partial charge in [0, 0.05) is 35.3 Å². The van der Waals surface area contributed by atoms with Gasteiger partial charge in [-0.1, -0.05) is 48.2 Å². The van der Waals surface area contributed by atoms with Gasteiger partial charge in [-0.3, -0.25) is 4.98 Å². The molecule has 6 heteroatoms. The van der Waals surface area contributed by atoms with Crippen molar-refractivity contribution >= 4 is 28.2 Å². The van der Waals surface area contributed by atoms with Gasteiger partial charge in [0.1, 0.15) is 5.82 Å². The zero-order valence-electron chi connectivity index (χ0n) is 17.7. The van der Waals surface area contributed by atoms with Crippen LogP contribution in [0.4, 0.5) is 10.1 Å². The summed E-state index contributed by atoms with van der Waals surface area (Å²) in [5, 5.41) is 6.48. The average Bonchev–Trinajstić information content (AvgIpc) is 3.28. The van der Waals surface area contributed by atoms with Crippen molar-refractivity contribution in [1.82, 2.24) is 15.0 Å². The minimum Gasteiger partial charge on any atom is -0.387 e. The molecule has 0 radical (unpaired) electrons. The zero-order chi connectivity index (χ0) is 22.1. The second kappa shape index (κ2) is 8.48. The molecule has 0 unspecified atom stereocenters. The van der Waals surface area contributed by atoms with Gasteiger partial charge < -0.3 is 10.3 Å². The Balaban J connectivity index is 1.66. The Bertz CT molecular complexity index is 1410. The first kappa shape index (κ1) is 20.3. The van der Waals surface area contributed by atoms with Crippen LogP contribution in [0.5, 0.6) is 0 Å². The highest BCUT2D eigenvalue weighted by Gasteiger charge is 2.16. The predicted molar refractivity (Wildman–Crippen MR) is 131 cm³/mol. The fourth-order valence-electron chi connectivity index (χ4n) is 3.96. The molecule has 5 aromatic rings. The monoisotopic (exact) mass is 440 g/mol. The van der Waals surface area contributed by atoms with Crippen LogP contribution >= 0.6 is 11.8 Å². The molecule has 2 heterocycles. The van der Waals surface area contributed by atoms with Crippen LogP contribution in [0.1, 0.15) is 0 Å². The maximum absolute atomic E-state index is 13.5. The van der Waals surface area contributed by atoms with E-state index in [1.165, 1.54) is 29.3 Å². The fraction of sp³-hybridized carbons (Fsp3) is 0.0769. The number of thioether (sulfide) groups is 1. The first-order valence-electron chi connectivity index (χ1n) is 10.2. The number of benzene rings is 3. The highest BCUT2D eigenvalue weighted by molar-refractivity contribution is 7.98. The van der Waals surface area contributed by atoms with Gasteiger partial charge in [0.15, 0.2) is 5.16 Å². The molecule has 0 spiro atoms. The lowest BCUT2D eigenvalue weighted by Crippen LogP contribution is -1.95. The van der Waals surface area contributed by atoms with E-state index in [4.69, 9.17) is 4.98 Å². The summed E-state index contributed by atoms with van der Waals surface area (Å²) in [6, 6.07) is 23.0. The van der Waals surface area contributed by atoms with Gasteiger partial charge in [-0.05, 0) is 48.0 Å². The second-order valence-electron chi connectivity index (χ2n) is 7.37. The van der Waals surface area contributed by atoms with E-state index < -0.39 is 0 Å². The van der Waals surface area contributed by atoms with Crippen LogP contribution in [-0.2, 0) is 0 Å². The number of aromatic nitrogens is 3. The number of anilines is 1. The standard InChI is InChI=1S/C26H21FN4S/c1-28-25-20-6-4-3-5-16(20)9-12-21(25)22-15-18(13-14-29-22)24-23(30-26(31-24)32-2)17-7-10-19(27)11-8-17/h3-15,28H,1-2H3,(H,30,31). The number of nitrogens with zero attached hydrogens (tertiary/aromatic N) is 2. The van der Waals surface area contributed by atoms with Crippen molar-refractivity contribution in [2.75, 3.05) is 18.6 Å². The second-order valence-corrected chi connectivity index (χ2v) is 8.16. The lowest BCUT2D eigenvalue weighted by atomic mass is 9.99. The minimum absolute atomic E-state index is 0.262. The number of rotatable bonds is 5. The third kappa shape index (κ3) is 3.63. The van der Waals surface area contributed by atoms with Crippen molar-refractivity contribution in [2.24, 2.45) is 0 Å². The third-order valence-electron chi connectivity index (χ3n) is 5.50. The van der Waals surface area contributed by atoms with E-state index in [0.29, 0.717) is 0 Å². The average molecular weight is 441 g/mol. The van der Waals surface area contributed by atoms with E-state index >= 15 is 0 Å². The Morgan fingerprint density at radius 2 is 1.75 bits per heavy atom. The van der Waals surface area contributed by atoms with Gasteiger partial charge in [-0.25, -0.2) is 9.37 Å². The van der Waals surface area contributed by atoms with Gasteiger partial charge in [0.05, 0.1) is 22.8 Å². The SMILES string of the molecule is CNc1c(-c2cc(-c3nc(SC)[nH]c3-c3ccc(F)cc3)ccn2)ccc2ccccc12. The Labute approximate surface area is 190 Å². The summed E-state index contributed by atoms with van der Waals surface area (Å²) in [4.78, 5) is 12.8. The Morgan fingerprint density at radius 3 is 2.53 bits per heavy atom. The van der Waals surface area contributed by atoms with E-state index in [2.05, 4.69) is 45.6 Å². The molecule has 3 aromatic carbocycles. The zero-order valence-corrected chi connectivity index (χ0v) is 18.5. The molecule has 158 valence electrons. The maximum atomic E-state index is 13.5. The smallest absolute Gasteiger partial charge is 0.166 e. The van der Waals surface area contributed by atoms with E-state index in [0.717, 1.165) is 50.0 Å².